The van der Waals surface area contributed by atoms with Crippen LogP contribution in [0.25, 0.3) is 33.3 Å². The molecule has 0 saturated carbocycles. The van der Waals surface area contributed by atoms with E-state index in [0.29, 0.717) is 45.4 Å². The highest BCUT2D eigenvalue weighted by molar-refractivity contribution is 6.28. The molecule has 5 aliphatic heterocycles. The number of benzene rings is 4. The molecule has 11 rings (SSSR count). The van der Waals surface area contributed by atoms with E-state index in [-0.39, 0.29) is 61.6 Å². The molecule has 5 N–H and O–H groups in total. The number of hydrogen-bond donors (Lipinski definition) is 4. The first-order valence-corrected chi connectivity index (χ1v) is 21.1. The van der Waals surface area contributed by atoms with E-state index in [1.54, 1.807) is 56.7 Å². The number of ether oxygens (including phenoxy) is 7. The van der Waals surface area contributed by atoms with Gasteiger partial charge >= 0.3 is 5.97 Å². The predicted molar refractivity (Wildman–Crippen MR) is 240 cm³/mol. The molecule has 6 aromatic rings. The maximum atomic E-state index is 13.1. The van der Waals surface area contributed by atoms with Gasteiger partial charge in [-0.25, -0.2) is 4.79 Å². The second-order valence-corrected chi connectivity index (χ2v) is 14.9. The van der Waals surface area contributed by atoms with Crippen molar-refractivity contribution in [3.05, 3.63) is 131 Å². The third-order valence-corrected chi connectivity index (χ3v) is 11.1. The summed E-state index contributed by atoms with van der Waals surface area (Å²) in [5.41, 5.74) is 9.19. The lowest BCUT2D eigenvalue weighted by molar-refractivity contribution is -0.148. The molecule has 0 radical (unpaired) electrons. The van der Waals surface area contributed by atoms with Crippen molar-refractivity contribution < 1.29 is 57.4 Å². The number of aliphatic hydroxyl groups excluding tert-OH is 1. The van der Waals surface area contributed by atoms with E-state index in [4.69, 9.17) is 49.9 Å². The number of aliphatic hydroxyl groups is 1. The number of rotatable bonds is 6. The summed E-state index contributed by atoms with van der Waals surface area (Å²) in [6, 6.07) is 25.9. The molecule has 2 atom stereocenters. The molecule has 19 heteroatoms. The highest BCUT2D eigenvalue weighted by Crippen LogP contribution is 2.48. The molecule has 7 heterocycles. The fraction of sp³-hybridized carbons (Fsp3) is 0.234. The zero-order chi connectivity index (χ0) is 46.6. The number of aromatic nitrogens is 2. The Kier molecular flexibility index (Phi) is 13.1. The van der Waals surface area contributed by atoms with Gasteiger partial charge in [0.15, 0.2) is 45.9 Å². The Morgan fingerprint density at radius 1 is 0.773 bits per heavy atom. The van der Waals surface area contributed by atoms with Gasteiger partial charge in [-0.3, -0.25) is 24.2 Å². The molecular weight excluding hydrogens is 876 g/mol. The van der Waals surface area contributed by atoms with Crippen LogP contribution in [-0.2, 0) is 33.4 Å². The van der Waals surface area contributed by atoms with Crippen molar-refractivity contribution in [2.75, 3.05) is 53.8 Å². The maximum absolute atomic E-state index is 13.1. The molecule has 2 unspecified atom stereocenters. The third-order valence-electron chi connectivity index (χ3n) is 10.8. The van der Waals surface area contributed by atoms with Gasteiger partial charge in [0.05, 0.1) is 7.11 Å². The average Bonchev–Trinajstić information content (AvgIpc) is 4.21. The molecule has 1 saturated heterocycles. The van der Waals surface area contributed by atoms with Crippen LogP contribution >= 0.6 is 11.6 Å². The van der Waals surface area contributed by atoms with Crippen LogP contribution in [-0.4, -0.2) is 107 Å². The van der Waals surface area contributed by atoms with Gasteiger partial charge in [-0.15, -0.1) is 11.6 Å². The summed E-state index contributed by atoms with van der Waals surface area (Å²) in [6.45, 7) is 2.19. The van der Waals surface area contributed by atoms with E-state index >= 15 is 0 Å². The molecule has 4 aromatic carbocycles. The van der Waals surface area contributed by atoms with Gasteiger partial charge < -0.3 is 58.9 Å². The fourth-order valence-corrected chi connectivity index (χ4v) is 8.09. The Hall–Kier alpha value is -7.67. The van der Waals surface area contributed by atoms with Crippen LogP contribution in [0.5, 0.6) is 23.0 Å². The average molecular weight is 921 g/mol. The molecular formula is C47H45ClN6O12. The molecule has 342 valence electrons. The third kappa shape index (κ3) is 8.05. The fourth-order valence-electron chi connectivity index (χ4n) is 7.96. The van der Waals surface area contributed by atoms with E-state index < -0.39 is 24.3 Å². The van der Waals surface area contributed by atoms with E-state index in [1.165, 1.54) is 28.9 Å². The van der Waals surface area contributed by atoms with Crippen LogP contribution in [0.2, 0.25) is 0 Å². The number of fused-ring (bicyclic) bond motifs is 5. The minimum atomic E-state index is -0.932. The van der Waals surface area contributed by atoms with Crippen molar-refractivity contribution in [2.45, 2.75) is 19.4 Å². The number of carbonyl (C=O) groups is 4. The van der Waals surface area contributed by atoms with Gasteiger partial charge in [-0.1, -0.05) is 36.4 Å². The second-order valence-electron chi connectivity index (χ2n) is 14.6. The zero-order valence-electron chi connectivity index (χ0n) is 36.2. The number of methoxy groups -OCH3 is 1. The van der Waals surface area contributed by atoms with Crippen LogP contribution in [0, 0.1) is 0 Å². The topological polar surface area (TPSA) is 220 Å². The molecule has 18 nitrogen and oxygen atoms in total. The number of alkyl halides is 1. The van der Waals surface area contributed by atoms with Crippen LogP contribution in [0.1, 0.15) is 41.6 Å². The van der Waals surface area contributed by atoms with Crippen LogP contribution in [0.4, 0.5) is 0 Å². The van der Waals surface area contributed by atoms with Crippen LogP contribution < -0.4 is 24.7 Å². The predicted octanol–water partition coefficient (Wildman–Crippen LogP) is 5.70. The molecule has 5 aliphatic rings. The number of amides is 3. The smallest absolute Gasteiger partial charge is 0.358 e. The maximum Gasteiger partial charge on any atom is 0.358 e. The van der Waals surface area contributed by atoms with E-state index in [0.717, 1.165) is 27.4 Å². The first-order chi connectivity index (χ1) is 32.1. The number of carbonyl (C=O) groups excluding carboxylic acids is 4. The Bertz CT molecular complexity index is 2910. The summed E-state index contributed by atoms with van der Waals surface area (Å²) in [5.74, 6) is 0.962. The highest BCUT2D eigenvalue weighted by atomic mass is 35.5. The number of esters is 1. The minimum Gasteiger partial charge on any atom is -0.464 e. The monoisotopic (exact) mass is 920 g/mol. The SMILES string of the molecule is CCO.CN.CN1CC(=O)N2C(=C(c3c[nH]c4ccccc34)OC2c2ccc3c(c2)OCO3)C1=O.COC(=O)C1=C(c2c[nH]c3ccccc23)OC(c2ccc3c(c2)OCO3)N1C(=O)CCl. The standard InChI is InChI=1S/C22H17ClN2O6.C22H17N3O5.C2H6O.CH5N/c1-28-22(27)19-20(14-10-24-15-5-3-2-4-13(14)15)31-21(25(19)18(26)9-23)12-6-7-16-17(8-12)30-11-29-16;1-24-10-18(26)25-19(21(24)27)20(14-9-23-15-5-3-2-4-13(14)15)30-22(25)12-6-7-16-17(8-12)29-11-28-16;1-2-3;1-2/h2-8,10,21,24H,9,11H2,1H3;2-9,22-23H,10-11H2,1H3;3H,2H2,1H3;2H2,1H3. The molecule has 0 spiro atoms. The van der Waals surface area contributed by atoms with Gasteiger partial charge in [-0.2, -0.15) is 0 Å². The molecule has 2 aromatic heterocycles. The normalized spacial score (nSPS) is 17.7. The number of hydrogen-bond acceptors (Lipinski definition) is 13. The number of halogens is 1. The van der Waals surface area contributed by atoms with E-state index in [9.17, 15) is 19.2 Å². The quantitative estimate of drug-likeness (QED) is 0.117. The number of H-pyrrole nitrogens is 2. The van der Waals surface area contributed by atoms with Crippen molar-refractivity contribution in [3.63, 3.8) is 0 Å². The van der Waals surface area contributed by atoms with Crippen molar-refractivity contribution in [2.24, 2.45) is 5.73 Å². The molecule has 3 amide bonds. The Balaban J connectivity index is 0.000000164. The summed E-state index contributed by atoms with van der Waals surface area (Å²) in [7, 11) is 4.37. The molecule has 0 aliphatic carbocycles. The zero-order valence-corrected chi connectivity index (χ0v) is 36.9. The van der Waals surface area contributed by atoms with E-state index in [1.807, 2.05) is 54.6 Å². The van der Waals surface area contributed by atoms with Crippen molar-refractivity contribution >= 4 is 68.6 Å². The van der Waals surface area contributed by atoms with Gasteiger partial charge in [0.1, 0.15) is 12.4 Å². The largest absolute Gasteiger partial charge is 0.464 e. The number of likely N-dealkylation sites (N-methyl/N-ethyl adjacent to an activating group) is 1. The number of piperazine rings is 1. The lowest BCUT2D eigenvalue weighted by atomic mass is 10.1. The summed E-state index contributed by atoms with van der Waals surface area (Å²) >= 11 is 5.89. The Morgan fingerprint density at radius 2 is 1.27 bits per heavy atom. The molecule has 1 fully saturated rings. The summed E-state index contributed by atoms with van der Waals surface area (Å²) < 4.78 is 39.2. The number of nitrogens with one attached hydrogen (secondary N) is 2. The van der Waals surface area contributed by atoms with Crippen LogP contribution in [0.15, 0.2) is 109 Å². The molecule has 0 bridgehead atoms. The van der Waals surface area contributed by atoms with Gasteiger partial charge in [0.2, 0.25) is 37.9 Å². The number of aromatic amines is 2. The van der Waals surface area contributed by atoms with E-state index in [2.05, 4.69) is 15.7 Å². The van der Waals surface area contributed by atoms with Gasteiger partial charge in [0, 0.05) is 70.1 Å². The first kappa shape index (κ1) is 44.9. The summed E-state index contributed by atoms with van der Waals surface area (Å²) in [4.78, 5) is 62.2. The van der Waals surface area contributed by atoms with Crippen molar-refractivity contribution in [1.29, 1.82) is 0 Å². The molecule has 66 heavy (non-hydrogen) atoms. The first-order valence-electron chi connectivity index (χ1n) is 20.6. The number of nitrogens with two attached hydrogens (primary N) is 1. The summed E-state index contributed by atoms with van der Waals surface area (Å²) in [5, 5.41) is 9.32. The van der Waals surface area contributed by atoms with Crippen molar-refractivity contribution in [1.82, 2.24) is 24.7 Å². The highest BCUT2D eigenvalue weighted by Gasteiger charge is 2.48. The lowest BCUT2D eigenvalue weighted by Gasteiger charge is -2.32. The van der Waals surface area contributed by atoms with Gasteiger partial charge in [-0.05, 0) is 62.5 Å². The minimum absolute atomic E-state index is 0.00604. The Morgan fingerprint density at radius 3 is 1.82 bits per heavy atom. The lowest BCUT2D eigenvalue weighted by Crippen LogP contribution is -2.49. The van der Waals surface area contributed by atoms with Crippen molar-refractivity contribution in [3.8, 4) is 23.0 Å². The number of nitrogens with zero attached hydrogens (tertiary/aromatic N) is 3. The Labute approximate surface area is 382 Å². The second kappa shape index (κ2) is 19.2. The van der Waals surface area contributed by atoms with Crippen LogP contribution in [0.3, 0.4) is 0 Å². The number of para-hydroxylation sites is 2. The van der Waals surface area contributed by atoms with Gasteiger partial charge in [0.25, 0.3) is 5.91 Å². The summed E-state index contributed by atoms with van der Waals surface area (Å²) in [6.07, 6.45) is 1.84.